The highest BCUT2D eigenvalue weighted by Gasteiger charge is 2.17. The van der Waals surface area contributed by atoms with E-state index in [9.17, 15) is 8.78 Å². The Labute approximate surface area is 166 Å². The average Bonchev–Trinajstić information content (AvgIpc) is 2.68. The first kappa shape index (κ1) is 21.2. The zero-order valence-electron chi connectivity index (χ0n) is 15.4. The molecule has 0 saturated carbocycles. The third kappa shape index (κ3) is 5.95. The van der Waals surface area contributed by atoms with Crippen molar-refractivity contribution in [2.24, 2.45) is 5.10 Å². The van der Waals surface area contributed by atoms with E-state index < -0.39 is 6.61 Å². The minimum absolute atomic E-state index is 0.0834. The normalized spacial score (nSPS) is 10.6. The molecule has 0 spiro atoms. The number of hydrogen-bond acceptors (Lipinski definition) is 6. The van der Waals surface area contributed by atoms with Gasteiger partial charge in [-0.05, 0) is 48.6 Å². The minimum Gasteiger partial charge on any atom is -0.497 e. The Kier molecular flexibility index (Phi) is 7.76. The van der Waals surface area contributed by atoms with Crippen molar-refractivity contribution in [1.82, 2.24) is 5.43 Å². The SMILES string of the molecule is COc1ccc(NC(=S)N/N=C\c2cc(OC)c(OC(F)F)c(OC)c2)cc1. The van der Waals surface area contributed by atoms with Crippen LogP contribution in [0.4, 0.5) is 14.5 Å². The van der Waals surface area contributed by atoms with Crippen LogP contribution in [0.5, 0.6) is 23.0 Å². The Morgan fingerprint density at radius 2 is 1.64 bits per heavy atom. The van der Waals surface area contributed by atoms with Crippen LogP contribution in [0.2, 0.25) is 0 Å². The summed E-state index contributed by atoms with van der Waals surface area (Å²) in [4.78, 5) is 0. The van der Waals surface area contributed by atoms with Gasteiger partial charge in [-0.1, -0.05) is 0 Å². The Hall–Kier alpha value is -3.14. The Bertz CT molecular complexity index is 807. The zero-order chi connectivity index (χ0) is 20.5. The van der Waals surface area contributed by atoms with E-state index in [0.717, 1.165) is 11.4 Å². The molecule has 28 heavy (non-hydrogen) atoms. The fraction of sp³-hybridized carbons (Fsp3) is 0.222. The van der Waals surface area contributed by atoms with Gasteiger partial charge in [0.25, 0.3) is 0 Å². The van der Waals surface area contributed by atoms with Crippen LogP contribution in [-0.4, -0.2) is 39.3 Å². The van der Waals surface area contributed by atoms with Crippen molar-refractivity contribution in [3.8, 4) is 23.0 Å². The highest BCUT2D eigenvalue weighted by Crippen LogP contribution is 2.39. The molecule has 0 aromatic heterocycles. The first-order valence-corrected chi connectivity index (χ1v) is 8.32. The first-order valence-electron chi connectivity index (χ1n) is 7.91. The fourth-order valence-electron chi connectivity index (χ4n) is 2.18. The molecule has 0 radical (unpaired) electrons. The number of thiocarbonyl (C=S) groups is 1. The van der Waals surface area contributed by atoms with Crippen LogP contribution in [0.3, 0.4) is 0 Å². The number of ether oxygens (including phenoxy) is 4. The number of benzene rings is 2. The summed E-state index contributed by atoms with van der Waals surface area (Å²) in [5, 5.41) is 7.23. The molecule has 150 valence electrons. The predicted molar refractivity (Wildman–Crippen MR) is 106 cm³/mol. The number of nitrogens with zero attached hydrogens (tertiary/aromatic N) is 1. The molecule has 0 aliphatic rings. The zero-order valence-corrected chi connectivity index (χ0v) is 16.2. The molecule has 0 fully saturated rings. The van der Waals surface area contributed by atoms with Crippen LogP contribution in [0.15, 0.2) is 41.5 Å². The quantitative estimate of drug-likeness (QED) is 0.390. The van der Waals surface area contributed by atoms with Crippen molar-refractivity contribution in [3.63, 3.8) is 0 Å². The smallest absolute Gasteiger partial charge is 0.387 e. The molecular weight excluding hydrogens is 392 g/mol. The lowest BCUT2D eigenvalue weighted by molar-refractivity contribution is -0.0526. The largest absolute Gasteiger partial charge is 0.497 e. The van der Waals surface area contributed by atoms with Crippen molar-refractivity contribution in [2.75, 3.05) is 26.6 Å². The molecule has 2 aromatic carbocycles. The second-order valence-electron chi connectivity index (χ2n) is 5.19. The maximum absolute atomic E-state index is 12.6. The summed E-state index contributed by atoms with van der Waals surface area (Å²) < 4.78 is 44.8. The molecule has 7 nitrogen and oxygen atoms in total. The molecule has 0 aliphatic heterocycles. The van der Waals surface area contributed by atoms with E-state index in [4.69, 9.17) is 26.4 Å². The lowest BCUT2D eigenvalue weighted by Crippen LogP contribution is -2.23. The number of alkyl halides is 2. The maximum Gasteiger partial charge on any atom is 0.387 e. The van der Waals surface area contributed by atoms with E-state index in [0.29, 0.717) is 5.56 Å². The third-order valence-electron chi connectivity index (χ3n) is 3.42. The van der Waals surface area contributed by atoms with Crippen molar-refractivity contribution in [2.45, 2.75) is 6.61 Å². The standard InChI is InChI=1S/C18H19F2N3O4S/c1-24-13-6-4-12(5-7-13)22-18(28)23-21-10-11-8-14(25-2)16(27-17(19)20)15(9-11)26-3/h4-10,17H,1-3H3,(H2,22,23,28)/b21-10-. The highest BCUT2D eigenvalue weighted by atomic mass is 32.1. The molecule has 2 rings (SSSR count). The highest BCUT2D eigenvalue weighted by molar-refractivity contribution is 7.80. The van der Waals surface area contributed by atoms with Gasteiger partial charge >= 0.3 is 6.61 Å². The van der Waals surface area contributed by atoms with Crippen LogP contribution in [0.25, 0.3) is 0 Å². The lowest BCUT2D eigenvalue weighted by Gasteiger charge is -2.14. The summed E-state index contributed by atoms with van der Waals surface area (Å²) in [5.41, 5.74) is 3.93. The molecule has 2 aromatic rings. The number of methoxy groups -OCH3 is 3. The van der Waals surface area contributed by atoms with Crippen LogP contribution in [-0.2, 0) is 0 Å². The number of nitrogens with one attached hydrogen (secondary N) is 2. The van der Waals surface area contributed by atoms with E-state index in [2.05, 4.69) is 20.6 Å². The van der Waals surface area contributed by atoms with Crippen molar-refractivity contribution in [1.29, 1.82) is 0 Å². The number of hydrazone groups is 1. The van der Waals surface area contributed by atoms with Gasteiger partial charge in [-0.15, -0.1) is 0 Å². The van der Waals surface area contributed by atoms with E-state index in [-0.39, 0.29) is 22.4 Å². The van der Waals surface area contributed by atoms with Crippen LogP contribution >= 0.6 is 12.2 Å². The maximum atomic E-state index is 12.6. The topological polar surface area (TPSA) is 73.3 Å². The molecule has 0 saturated heterocycles. The van der Waals surface area contributed by atoms with Crippen molar-refractivity contribution < 1.29 is 27.7 Å². The number of hydrogen-bond donors (Lipinski definition) is 2. The molecule has 0 atom stereocenters. The summed E-state index contributed by atoms with van der Waals surface area (Å²) in [6.45, 7) is -3.01. The first-order chi connectivity index (χ1) is 13.5. The molecule has 0 heterocycles. The Morgan fingerprint density at radius 3 is 2.14 bits per heavy atom. The number of halogens is 2. The van der Waals surface area contributed by atoms with Gasteiger partial charge in [-0.2, -0.15) is 13.9 Å². The number of anilines is 1. The second kappa shape index (κ2) is 10.3. The summed E-state index contributed by atoms with van der Waals surface area (Å²) in [7, 11) is 4.25. The van der Waals surface area contributed by atoms with Gasteiger partial charge in [-0.25, -0.2) is 0 Å². The molecule has 0 bridgehead atoms. The minimum atomic E-state index is -3.01. The van der Waals surface area contributed by atoms with E-state index in [1.54, 1.807) is 31.4 Å². The van der Waals surface area contributed by atoms with Gasteiger partial charge in [0, 0.05) is 11.3 Å². The van der Waals surface area contributed by atoms with E-state index in [1.807, 2.05) is 0 Å². The van der Waals surface area contributed by atoms with Gasteiger partial charge in [-0.3, -0.25) is 5.43 Å². The number of rotatable bonds is 8. The third-order valence-corrected chi connectivity index (χ3v) is 3.61. The van der Waals surface area contributed by atoms with Crippen LogP contribution < -0.4 is 29.7 Å². The van der Waals surface area contributed by atoms with Gasteiger partial charge in [0.1, 0.15) is 5.75 Å². The fourth-order valence-corrected chi connectivity index (χ4v) is 2.35. The van der Waals surface area contributed by atoms with Crippen molar-refractivity contribution >= 4 is 29.2 Å². The molecule has 2 N–H and O–H groups in total. The molecular formula is C18H19F2N3O4S. The molecule has 0 unspecified atom stereocenters. The van der Waals surface area contributed by atoms with Gasteiger partial charge in [0.15, 0.2) is 16.6 Å². The predicted octanol–water partition coefficient (Wildman–Crippen LogP) is 3.63. The van der Waals surface area contributed by atoms with Gasteiger partial charge < -0.3 is 24.3 Å². The van der Waals surface area contributed by atoms with Gasteiger partial charge in [0.2, 0.25) is 5.75 Å². The molecule has 10 heteroatoms. The van der Waals surface area contributed by atoms with E-state index >= 15 is 0 Å². The van der Waals surface area contributed by atoms with Crippen LogP contribution in [0.1, 0.15) is 5.56 Å². The average molecular weight is 411 g/mol. The summed E-state index contributed by atoms with van der Waals surface area (Å²) >= 11 is 5.16. The van der Waals surface area contributed by atoms with E-state index in [1.165, 1.54) is 32.6 Å². The second-order valence-corrected chi connectivity index (χ2v) is 5.59. The van der Waals surface area contributed by atoms with Crippen molar-refractivity contribution in [3.05, 3.63) is 42.0 Å². The van der Waals surface area contributed by atoms with Crippen LogP contribution in [0, 0.1) is 0 Å². The monoisotopic (exact) mass is 411 g/mol. The summed E-state index contributed by atoms with van der Waals surface area (Å²) in [5.74, 6) is 0.700. The Morgan fingerprint density at radius 1 is 1.04 bits per heavy atom. The molecule has 0 aliphatic carbocycles. The summed E-state index contributed by atoms with van der Waals surface area (Å²) in [6, 6.07) is 10.1. The van der Waals surface area contributed by atoms with Gasteiger partial charge in [0.05, 0.1) is 27.5 Å². The Balaban J connectivity index is 2.05. The summed E-state index contributed by atoms with van der Waals surface area (Å²) in [6.07, 6.45) is 1.43. The molecule has 0 amide bonds. The lowest BCUT2D eigenvalue weighted by atomic mass is 10.2.